The van der Waals surface area contributed by atoms with Gasteiger partial charge in [-0.15, -0.1) is 24.0 Å². The van der Waals surface area contributed by atoms with Crippen molar-refractivity contribution in [1.29, 1.82) is 0 Å². The molecule has 0 aliphatic carbocycles. The van der Waals surface area contributed by atoms with Gasteiger partial charge in [-0.2, -0.15) is 0 Å². The second-order valence-corrected chi connectivity index (χ2v) is 0. The Hall–Kier alpha value is 4.22. The van der Waals surface area contributed by atoms with Gasteiger partial charge in [0.2, 0.25) is 0 Å². The largest absolute Gasteiger partial charge is 0.107 e. The zero-order valence-electron chi connectivity index (χ0n) is 2.21. The van der Waals surface area contributed by atoms with Crippen LogP contribution in [0, 0.1) is 0 Å². The van der Waals surface area contributed by atoms with E-state index in [1.165, 1.54) is 0 Å². The molecule has 0 saturated carbocycles. The molecule has 4 heavy (non-hydrogen) atoms. The predicted molar refractivity (Wildman–Crippen MR) is 26.9 cm³/mol. The minimum Gasteiger partial charge on any atom is -0.107 e. The Balaban J connectivity index is 0. The SMILES string of the molecule is I.[Cs].[Cu].[Pb]. The number of hydrogen-bond acceptors (Lipinski definition) is 0. The van der Waals surface area contributed by atoms with E-state index < -0.39 is 0 Å². The maximum Gasteiger partial charge on any atom is 0 e. The molecule has 0 rings (SSSR count). The number of hydrogen-bond donors (Lipinski definition) is 0. The standard InChI is InChI=1S/Cs.Cu.HI.Pb/h;;1H;. The Morgan fingerprint density at radius 3 is 1.00 bits per heavy atom. The van der Waals surface area contributed by atoms with E-state index in [0.29, 0.717) is 0 Å². The number of halogens is 1. The molecule has 0 saturated heterocycles. The van der Waals surface area contributed by atoms with Gasteiger partial charge < -0.3 is 0 Å². The van der Waals surface area contributed by atoms with Crippen molar-refractivity contribution in [3.05, 3.63) is 0 Å². The molecule has 0 aliphatic heterocycles. The van der Waals surface area contributed by atoms with Gasteiger partial charge in [0.15, 0.2) is 0 Å². The van der Waals surface area contributed by atoms with Crippen LogP contribution >= 0.6 is 24.0 Å². The van der Waals surface area contributed by atoms with Crippen LogP contribution in [0.1, 0.15) is 0 Å². The molecule has 0 spiro atoms. The minimum absolute atomic E-state index is 0. The topological polar surface area (TPSA) is 0 Å². The molecule has 0 unspecified atom stereocenters. The van der Waals surface area contributed by atoms with E-state index in [-0.39, 0.29) is 137 Å². The van der Waals surface area contributed by atoms with Crippen LogP contribution < -0.4 is 0 Å². The maximum absolute atomic E-state index is 0. The molecule has 4 heteroatoms. The van der Waals surface area contributed by atoms with Crippen LogP contribution in [0.15, 0.2) is 0 Å². The maximum atomic E-state index is 0. The molecule has 24 valence electrons. The molecule has 0 fully saturated rings. The normalized spacial score (nSPS) is 0. The van der Waals surface area contributed by atoms with Gasteiger partial charge in [-0.25, -0.2) is 0 Å². The van der Waals surface area contributed by atoms with E-state index >= 15 is 0 Å². The first-order valence-electron chi connectivity index (χ1n) is 0. The summed E-state index contributed by atoms with van der Waals surface area (Å²) in [6.45, 7) is 0. The van der Waals surface area contributed by atoms with Gasteiger partial charge in [-0.05, 0) is 0 Å². The summed E-state index contributed by atoms with van der Waals surface area (Å²) in [5.74, 6) is 0. The zero-order chi connectivity index (χ0) is 0. The molecule has 0 N–H and O–H groups in total. The average molecular weight is 532 g/mol. The van der Waals surface area contributed by atoms with Gasteiger partial charge in [0, 0.05) is 113 Å². The summed E-state index contributed by atoms with van der Waals surface area (Å²) in [5.41, 5.74) is 0. The van der Waals surface area contributed by atoms with E-state index in [2.05, 4.69) is 0 Å². The summed E-state index contributed by atoms with van der Waals surface area (Å²) in [6, 6.07) is 0. The summed E-state index contributed by atoms with van der Waals surface area (Å²) in [6.07, 6.45) is 0. The Labute approximate surface area is 133 Å². The van der Waals surface area contributed by atoms with E-state index in [1.807, 2.05) is 0 Å². The minimum atomic E-state index is 0. The Kier molecular flexibility index (Phi) is 94.3. The molecule has 0 heterocycles. The summed E-state index contributed by atoms with van der Waals surface area (Å²) in [7, 11) is 0. The fourth-order valence-corrected chi connectivity index (χ4v) is 0. The quantitative estimate of drug-likeness (QED) is 0.302. The molecule has 0 aromatic heterocycles. The first-order valence-corrected chi connectivity index (χ1v) is 0. The Morgan fingerprint density at radius 2 is 1.00 bits per heavy atom. The predicted octanol–water partition coefficient (Wildman–Crippen LogP) is -0.146. The molecule has 0 aliphatic rings. The van der Waals surface area contributed by atoms with Crippen LogP contribution in [0.3, 0.4) is 0 Å². The zero-order valence-corrected chi connectivity index (χ0v) is 15.6. The van der Waals surface area contributed by atoms with Crippen LogP contribution in [-0.4, -0.2) is 96.2 Å². The third-order valence-electron chi connectivity index (χ3n) is 0. The third-order valence-corrected chi connectivity index (χ3v) is 0. The molecule has 6 radical (unpaired) electrons. The fraction of sp³-hybridized carbons (Fsp3) is 0. The first-order chi connectivity index (χ1) is 0. The monoisotopic (exact) mass is 532 g/mol. The van der Waals surface area contributed by atoms with Crippen molar-refractivity contribution < 1.29 is 17.1 Å². The third kappa shape index (κ3) is 9.52. The van der Waals surface area contributed by atoms with Crippen molar-refractivity contribution in [2.75, 3.05) is 0 Å². The molecule has 0 amide bonds. The van der Waals surface area contributed by atoms with Crippen molar-refractivity contribution in [2.24, 2.45) is 0 Å². The van der Waals surface area contributed by atoms with Crippen LogP contribution in [0.2, 0.25) is 0 Å². The van der Waals surface area contributed by atoms with Gasteiger partial charge in [0.1, 0.15) is 0 Å². The van der Waals surface area contributed by atoms with E-state index in [1.54, 1.807) is 0 Å². The smallest absolute Gasteiger partial charge is 0 e. The number of rotatable bonds is 0. The van der Waals surface area contributed by atoms with Crippen molar-refractivity contribution >= 4 is 120 Å². The Morgan fingerprint density at radius 1 is 1.00 bits per heavy atom. The Bertz CT molecular complexity index is 8.00. The second-order valence-electron chi connectivity index (χ2n) is 0. The van der Waals surface area contributed by atoms with Gasteiger partial charge in [-0.1, -0.05) is 0 Å². The van der Waals surface area contributed by atoms with E-state index in [0.717, 1.165) is 0 Å². The van der Waals surface area contributed by atoms with Crippen LogP contribution in [0.25, 0.3) is 0 Å². The summed E-state index contributed by atoms with van der Waals surface area (Å²) >= 11 is 0. The van der Waals surface area contributed by atoms with Gasteiger partial charge >= 0.3 is 0 Å². The van der Waals surface area contributed by atoms with E-state index in [4.69, 9.17) is 0 Å². The van der Waals surface area contributed by atoms with Crippen molar-refractivity contribution in [2.45, 2.75) is 0 Å². The van der Waals surface area contributed by atoms with Gasteiger partial charge in [0.05, 0.1) is 0 Å². The molecule has 0 bridgehead atoms. The van der Waals surface area contributed by atoms with Crippen LogP contribution in [-0.2, 0) is 17.1 Å². The molecular weight excluding hydrogens is 531 g/mol. The second kappa shape index (κ2) is 15.7. The summed E-state index contributed by atoms with van der Waals surface area (Å²) in [5, 5.41) is 0. The molecule has 0 atom stereocenters. The molecule has 0 aromatic carbocycles. The first kappa shape index (κ1) is 24.1. The fourth-order valence-electron chi connectivity index (χ4n) is 0. The van der Waals surface area contributed by atoms with Gasteiger partial charge in [0.25, 0.3) is 0 Å². The van der Waals surface area contributed by atoms with Crippen molar-refractivity contribution in [1.82, 2.24) is 0 Å². The van der Waals surface area contributed by atoms with Gasteiger partial charge in [-0.3, -0.25) is 0 Å². The van der Waals surface area contributed by atoms with Crippen LogP contribution in [0.5, 0.6) is 0 Å². The summed E-state index contributed by atoms with van der Waals surface area (Å²) < 4.78 is 0. The average Bonchev–Trinajstić information content (AvgIpc) is 0. The van der Waals surface area contributed by atoms with Crippen molar-refractivity contribution in [3.63, 3.8) is 0 Å². The molecule has 0 aromatic rings. The molecule has 0 nitrogen and oxygen atoms in total. The van der Waals surface area contributed by atoms with Crippen LogP contribution in [0.4, 0.5) is 0 Å². The summed E-state index contributed by atoms with van der Waals surface area (Å²) in [4.78, 5) is 0. The molecular formula is HCsCuIPb. The van der Waals surface area contributed by atoms with Crippen molar-refractivity contribution in [3.8, 4) is 0 Å². The van der Waals surface area contributed by atoms with E-state index in [9.17, 15) is 0 Å².